The third-order valence-corrected chi connectivity index (χ3v) is 1.97. The van der Waals surface area contributed by atoms with Crippen molar-refractivity contribution in [3.05, 3.63) is 23.1 Å². The standard InChI is InChI=1S/C7H5BrN6/c8-5-4(12-7(9)14-13-5)6-10-2-1-3-11-6/h1-3H,(H2,9,12,14). The molecule has 0 aliphatic rings. The van der Waals surface area contributed by atoms with Gasteiger partial charge in [-0.05, 0) is 22.0 Å². The Balaban J connectivity index is 2.57. The van der Waals surface area contributed by atoms with Crippen LogP contribution in [-0.4, -0.2) is 25.1 Å². The maximum absolute atomic E-state index is 5.40. The molecule has 0 spiro atoms. The van der Waals surface area contributed by atoms with Crippen LogP contribution in [0.25, 0.3) is 11.5 Å². The number of nitrogens with zero attached hydrogens (tertiary/aromatic N) is 5. The van der Waals surface area contributed by atoms with Gasteiger partial charge in [0.05, 0.1) is 0 Å². The summed E-state index contributed by atoms with van der Waals surface area (Å²) < 4.78 is 0.470. The van der Waals surface area contributed by atoms with Crippen molar-refractivity contribution in [1.29, 1.82) is 0 Å². The zero-order valence-corrected chi connectivity index (χ0v) is 8.51. The molecule has 0 radical (unpaired) electrons. The molecule has 0 saturated carbocycles. The molecule has 0 amide bonds. The Kier molecular flexibility index (Phi) is 2.32. The van der Waals surface area contributed by atoms with Crippen LogP contribution in [-0.2, 0) is 0 Å². The van der Waals surface area contributed by atoms with E-state index in [2.05, 4.69) is 41.1 Å². The monoisotopic (exact) mass is 252 g/mol. The van der Waals surface area contributed by atoms with Crippen LogP contribution in [0.5, 0.6) is 0 Å². The van der Waals surface area contributed by atoms with Gasteiger partial charge in [0, 0.05) is 12.4 Å². The Hall–Kier alpha value is -1.63. The lowest BCUT2D eigenvalue weighted by Gasteiger charge is -1.99. The van der Waals surface area contributed by atoms with Gasteiger partial charge in [-0.15, -0.1) is 10.2 Å². The van der Waals surface area contributed by atoms with E-state index in [1.165, 1.54) is 0 Å². The van der Waals surface area contributed by atoms with E-state index < -0.39 is 0 Å². The Morgan fingerprint density at radius 1 is 1.14 bits per heavy atom. The van der Waals surface area contributed by atoms with Crippen molar-refractivity contribution < 1.29 is 0 Å². The molecule has 70 valence electrons. The molecular formula is C7H5BrN6. The fourth-order valence-electron chi connectivity index (χ4n) is 0.889. The molecule has 0 saturated heterocycles. The van der Waals surface area contributed by atoms with Gasteiger partial charge in [0.2, 0.25) is 5.95 Å². The zero-order chi connectivity index (χ0) is 9.97. The Bertz CT molecular complexity index is 445. The summed E-state index contributed by atoms with van der Waals surface area (Å²) in [5, 5.41) is 7.33. The van der Waals surface area contributed by atoms with Crippen molar-refractivity contribution in [2.75, 3.05) is 5.73 Å². The molecule has 7 heteroatoms. The van der Waals surface area contributed by atoms with Crippen molar-refractivity contribution in [2.45, 2.75) is 0 Å². The number of nitrogen functional groups attached to an aromatic ring is 1. The second kappa shape index (κ2) is 3.62. The van der Waals surface area contributed by atoms with Gasteiger partial charge in [0.1, 0.15) is 5.69 Å². The van der Waals surface area contributed by atoms with E-state index in [4.69, 9.17) is 5.73 Å². The van der Waals surface area contributed by atoms with Crippen LogP contribution in [0, 0.1) is 0 Å². The van der Waals surface area contributed by atoms with Gasteiger partial charge in [0.15, 0.2) is 10.4 Å². The number of nitrogens with two attached hydrogens (primary N) is 1. The molecule has 14 heavy (non-hydrogen) atoms. The molecule has 0 atom stereocenters. The van der Waals surface area contributed by atoms with Crippen molar-refractivity contribution in [2.24, 2.45) is 0 Å². The second-order valence-electron chi connectivity index (χ2n) is 2.38. The number of rotatable bonds is 1. The minimum atomic E-state index is 0.0932. The van der Waals surface area contributed by atoms with Crippen molar-refractivity contribution in [3.63, 3.8) is 0 Å². The van der Waals surface area contributed by atoms with Gasteiger partial charge in [-0.2, -0.15) is 0 Å². The second-order valence-corrected chi connectivity index (χ2v) is 3.13. The first-order valence-electron chi connectivity index (χ1n) is 3.70. The molecule has 2 heterocycles. The summed E-state index contributed by atoms with van der Waals surface area (Å²) in [5.74, 6) is 0.552. The summed E-state index contributed by atoms with van der Waals surface area (Å²) in [6.07, 6.45) is 3.24. The third-order valence-electron chi connectivity index (χ3n) is 1.44. The summed E-state index contributed by atoms with van der Waals surface area (Å²) in [6.45, 7) is 0. The lowest BCUT2D eigenvalue weighted by atomic mass is 10.4. The summed E-state index contributed by atoms with van der Waals surface area (Å²) in [6, 6.07) is 1.72. The fourth-order valence-corrected chi connectivity index (χ4v) is 1.23. The van der Waals surface area contributed by atoms with Crippen molar-refractivity contribution >= 4 is 21.9 Å². The topological polar surface area (TPSA) is 90.5 Å². The Morgan fingerprint density at radius 2 is 1.86 bits per heavy atom. The van der Waals surface area contributed by atoms with Crippen molar-refractivity contribution in [1.82, 2.24) is 25.1 Å². The maximum Gasteiger partial charge on any atom is 0.240 e. The molecule has 0 aromatic carbocycles. The highest BCUT2D eigenvalue weighted by molar-refractivity contribution is 9.10. The smallest absolute Gasteiger partial charge is 0.240 e. The Morgan fingerprint density at radius 3 is 2.57 bits per heavy atom. The summed E-state index contributed by atoms with van der Waals surface area (Å²) in [7, 11) is 0. The number of hydrogen-bond donors (Lipinski definition) is 1. The van der Waals surface area contributed by atoms with E-state index in [1.54, 1.807) is 18.5 Å². The lowest BCUT2D eigenvalue weighted by Crippen LogP contribution is -2.01. The first-order chi connectivity index (χ1) is 6.77. The molecule has 0 aliphatic carbocycles. The largest absolute Gasteiger partial charge is 0.366 e. The van der Waals surface area contributed by atoms with E-state index in [1.807, 2.05) is 0 Å². The van der Waals surface area contributed by atoms with Crippen LogP contribution in [0.15, 0.2) is 23.1 Å². The van der Waals surface area contributed by atoms with Gasteiger partial charge < -0.3 is 5.73 Å². The summed E-state index contributed by atoms with van der Waals surface area (Å²) >= 11 is 3.20. The molecule has 0 aliphatic heterocycles. The lowest BCUT2D eigenvalue weighted by molar-refractivity contribution is 0.954. The van der Waals surface area contributed by atoms with E-state index >= 15 is 0 Å². The quantitative estimate of drug-likeness (QED) is 0.803. The normalized spacial score (nSPS) is 10.1. The van der Waals surface area contributed by atoms with Gasteiger partial charge >= 0.3 is 0 Å². The van der Waals surface area contributed by atoms with Gasteiger partial charge in [-0.3, -0.25) is 0 Å². The van der Waals surface area contributed by atoms with E-state index in [9.17, 15) is 0 Å². The Labute approximate surface area is 87.8 Å². The van der Waals surface area contributed by atoms with Crippen molar-refractivity contribution in [3.8, 4) is 11.5 Å². The molecule has 6 nitrogen and oxygen atoms in total. The van der Waals surface area contributed by atoms with Crippen LogP contribution in [0.1, 0.15) is 0 Å². The minimum Gasteiger partial charge on any atom is -0.366 e. The zero-order valence-electron chi connectivity index (χ0n) is 6.92. The predicted molar refractivity (Wildman–Crippen MR) is 53.0 cm³/mol. The highest BCUT2D eigenvalue weighted by Crippen LogP contribution is 2.19. The van der Waals surface area contributed by atoms with Crippen LogP contribution in [0.3, 0.4) is 0 Å². The number of hydrogen-bond acceptors (Lipinski definition) is 6. The molecule has 2 aromatic heterocycles. The third kappa shape index (κ3) is 1.67. The predicted octanol–water partition coefficient (Wildman–Crippen LogP) is 0.673. The first-order valence-corrected chi connectivity index (χ1v) is 4.50. The molecule has 0 bridgehead atoms. The number of anilines is 1. The first kappa shape index (κ1) is 8.95. The van der Waals surface area contributed by atoms with Gasteiger partial charge in [-0.25, -0.2) is 15.0 Å². The van der Waals surface area contributed by atoms with Crippen LogP contribution >= 0.6 is 15.9 Å². The van der Waals surface area contributed by atoms with Gasteiger partial charge in [-0.1, -0.05) is 0 Å². The van der Waals surface area contributed by atoms with E-state index in [0.717, 1.165) is 0 Å². The number of halogens is 1. The molecular weight excluding hydrogens is 248 g/mol. The molecule has 2 rings (SSSR count). The SMILES string of the molecule is Nc1nnc(Br)c(-c2ncccn2)n1. The van der Waals surface area contributed by atoms with E-state index in [0.29, 0.717) is 16.1 Å². The molecule has 0 fully saturated rings. The van der Waals surface area contributed by atoms with E-state index in [-0.39, 0.29) is 5.95 Å². The highest BCUT2D eigenvalue weighted by Gasteiger charge is 2.09. The average Bonchev–Trinajstić information content (AvgIpc) is 2.23. The average molecular weight is 253 g/mol. The molecule has 2 N–H and O–H groups in total. The van der Waals surface area contributed by atoms with Crippen LogP contribution < -0.4 is 5.73 Å². The minimum absolute atomic E-state index is 0.0932. The number of aromatic nitrogens is 5. The molecule has 2 aromatic rings. The maximum atomic E-state index is 5.40. The van der Waals surface area contributed by atoms with Crippen LogP contribution in [0.2, 0.25) is 0 Å². The molecule has 0 unspecified atom stereocenters. The summed E-state index contributed by atoms with van der Waals surface area (Å²) in [5.41, 5.74) is 5.89. The summed E-state index contributed by atoms with van der Waals surface area (Å²) in [4.78, 5) is 12.0. The highest BCUT2D eigenvalue weighted by atomic mass is 79.9. The fraction of sp³-hybridized carbons (Fsp3) is 0. The van der Waals surface area contributed by atoms with Gasteiger partial charge in [0.25, 0.3) is 0 Å². The van der Waals surface area contributed by atoms with Crippen LogP contribution in [0.4, 0.5) is 5.95 Å².